The molecule has 0 aliphatic carbocycles. The topological polar surface area (TPSA) is 66.6 Å². The number of anilines is 1. The highest BCUT2D eigenvalue weighted by molar-refractivity contribution is 7.89. The van der Waals surface area contributed by atoms with Crippen molar-refractivity contribution in [2.45, 2.75) is 23.8 Å². The van der Waals surface area contributed by atoms with Crippen LogP contribution in [0.4, 0.5) is 10.1 Å². The summed E-state index contributed by atoms with van der Waals surface area (Å²) >= 11 is 0. The number of likely N-dealkylation sites (tertiary alicyclic amines) is 1. The first-order valence-corrected chi connectivity index (χ1v) is 7.98. The third kappa shape index (κ3) is 2.94. The number of nitrogens with zero attached hydrogens (tertiary/aromatic N) is 2. The van der Waals surface area contributed by atoms with Crippen molar-refractivity contribution in [1.29, 1.82) is 0 Å². The summed E-state index contributed by atoms with van der Waals surface area (Å²) < 4.78 is 39.6. The van der Waals surface area contributed by atoms with E-state index in [1.807, 2.05) is 7.05 Å². The molecule has 2 rings (SSSR count). The standard InChI is InChI=1S/C13H20FN3O2S/c1-16-7-3-4-11(9-16)17(2)20(18,19)13-6-5-10(14)8-12(13)15/h5-6,8,11H,3-4,7,9,15H2,1-2H3. The minimum Gasteiger partial charge on any atom is -0.398 e. The van der Waals surface area contributed by atoms with E-state index in [4.69, 9.17) is 5.73 Å². The van der Waals surface area contributed by atoms with Crippen molar-refractivity contribution < 1.29 is 12.8 Å². The van der Waals surface area contributed by atoms with Crippen molar-refractivity contribution in [2.75, 3.05) is 32.9 Å². The zero-order chi connectivity index (χ0) is 14.9. The van der Waals surface area contributed by atoms with E-state index in [0.717, 1.165) is 31.5 Å². The van der Waals surface area contributed by atoms with E-state index in [0.29, 0.717) is 6.54 Å². The van der Waals surface area contributed by atoms with Crippen LogP contribution in [0.1, 0.15) is 12.8 Å². The van der Waals surface area contributed by atoms with Gasteiger partial charge >= 0.3 is 0 Å². The first-order chi connectivity index (χ1) is 9.32. The molecule has 1 aliphatic rings. The molecule has 0 radical (unpaired) electrons. The number of nitrogen functional groups attached to an aromatic ring is 1. The molecule has 0 saturated carbocycles. The van der Waals surface area contributed by atoms with Crippen molar-refractivity contribution >= 4 is 15.7 Å². The van der Waals surface area contributed by atoms with E-state index < -0.39 is 15.8 Å². The van der Waals surface area contributed by atoms with E-state index in [9.17, 15) is 12.8 Å². The average molecular weight is 301 g/mol. The maximum absolute atomic E-state index is 13.0. The molecule has 7 heteroatoms. The maximum Gasteiger partial charge on any atom is 0.245 e. The van der Waals surface area contributed by atoms with E-state index in [2.05, 4.69) is 4.90 Å². The third-order valence-corrected chi connectivity index (χ3v) is 5.73. The van der Waals surface area contributed by atoms with Gasteiger partial charge in [0.2, 0.25) is 10.0 Å². The molecule has 1 heterocycles. The van der Waals surface area contributed by atoms with Gasteiger partial charge in [0.15, 0.2) is 0 Å². The molecule has 0 spiro atoms. The molecule has 0 amide bonds. The average Bonchev–Trinajstić information content (AvgIpc) is 2.37. The third-order valence-electron chi connectivity index (χ3n) is 3.74. The summed E-state index contributed by atoms with van der Waals surface area (Å²) in [6.45, 7) is 1.67. The normalized spacial score (nSPS) is 21.3. The summed E-state index contributed by atoms with van der Waals surface area (Å²) in [5.41, 5.74) is 5.59. The molecule has 1 aromatic rings. The molecule has 112 valence electrons. The van der Waals surface area contributed by atoms with Gasteiger partial charge in [-0.3, -0.25) is 0 Å². The van der Waals surface area contributed by atoms with Gasteiger partial charge in [-0.2, -0.15) is 4.31 Å². The molecule has 1 fully saturated rings. The SMILES string of the molecule is CN1CCCC(N(C)S(=O)(=O)c2ccc(F)cc2N)C1. The molecule has 1 aromatic carbocycles. The van der Waals surface area contributed by atoms with Gasteiger partial charge in [0, 0.05) is 19.6 Å². The first kappa shape index (κ1) is 15.2. The first-order valence-electron chi connectivity index (χ1n) is 6.54. The second-order valence-electron chi connectivity index (χ2n) is 5.26. The smallest absolute Gasteiger partial charge is 0.245 e. The van der Waals surface area contributed by atoms with Crippen LogP contribution >= 0.6 is 0 Å². The number of piperidine rings is 1. The van der Waals surface area contributed by atoms with E-state index in [-0.39, 0.29) is 16.6 Å². The molecule has 1 aliphatic heterocycles. The second kappa shape index (κ2) is 5.67. The Morgan fingerprint density at radius 2 is 2.15 bits per heavy atom. The van der Waals surface area contributed by atoms with Gasteiger partial charge in [0.05, 0.1) is 5.69 Å². The number of sulfonamides is 1. The summed E-state index contributed by atoms with van der Waals surface area (Å²) in [7, 11) is -0.166. The van der Waals surface area contributed by atoms with Crippen LogP contribution in [0.5, 0.6) is 0 Å². The van der Waals surface area contributed by atoms with Gasteiger partial charge in [-0.1, -0.05) is 0 Å². The van der Waals surface area contributed by atoms with Gasteiger partial charge in [-0.15, -0.1) is 0 Å². The summed E-state index contributed by atoms with van der Waals surface area (Å²) in [5, 5.41) is 0. The Balaban J connectivity index is 2.29. The fourth-order valence-corrected chi connectivity index (χ4v) is 4.01. The molecule has 0 bridgehead atoms. The lowest BCUT2D eigenvalue weighted by Gasteiger charge is -2.35. The lowest BCUT2D eigenvalue weighted by atomic mass is 10.1. The van der Waals surface area contributed by atoms with Crippen LogP contribution < -0.4 is 5.73 Å². The molecule has 2 N–H and O–H groups in total. The number of benzene rings is 1. The Hall–Kier alpha value is -1.18. The molecule has 1 atom stereocenters. The van der Waals surface area contributed by atoms with Gasteiger partial charge < -0.3 is 10.6 Å². The summed E-state index contributed by atoms with van der Waals surface area (Å²) in [6, 6.07) is 3.30. The van der Waals surface area contributed by atoms with Crippen molar-refractivity contribution in [3.63, 3.8) is 0 Å². The highest BCUT2D eigenvalue weighted by Crippen LogP contribution is 2.26. The van der Waals surface area contributed by atoms with Crippen LogP contribution in [0.2, 0.25) is 0 Å². The van der Waals surface area contributed by atoms with Crippen LogP contribution in [-0.4, -0.2) is 50.8 Å². The van der Waals surface area contributed by atoms with Gasteiger partial charge in [-0.05, 0) is 44.6 Å². The number of hydrogen-bond donors (Lipinski definition) is 1. The number of rotatable bonds is 3. The van der Waals surface area contributed by atoms with E-state index >= 15 is 0 Å². The molecule has 1 saturated heterocycles. The van der Waals surface area contributed by atoms with Crippen molar-refractivity contribution in [3.8, 4) is 0 Å². The highest BCUT2D eigenvalue weighted by Gasteiger charge is 2.31. The Labute approximate surface area is 119 Å². The Morgan fingerprint density at radius 1 is 1.45 bits per heavy atom. The predicted molar refractivity (Wildman–Crippen MR) is 76.3 cm³/mol. The fourth-order valence-electron chi connectivity index (χ4n) is 2.54. The minimum atomic E-state index is -3.69. The Bertz CT molecular complexity index is 591. The van der Waals surface area contributed by atoms with E-state index in [1.165, 1.54) is 10.4 Å². The van der Waals surface area contributed by atoms with Gasteiger partial charge in [0.1, 0.15) is 10.7 Å². The maximum atomic E-state index is 13.0. The Kier molecular flexibility index (Phi) is 4.31. The molecule has 5 nitrogen and oxygen atoms in total. The second-order valence-corrected chi connectivity index (χ2v) is 7.23. The number of likely N-dealkylation sites (N-methyl/N-ethyl adjacent to an activating group) is 2. The summed E-state index contributed by atoms with van der Waals surface area (Å²) in [4.78, 5) is 2.07. The van der Waals surface area contributed by atoms with Gasteiger partial charge in [0.25, 0.3) is 0 Å². The largest absolute Gasteiger partial charge is 0.398 e. The number of hydrogen-bond acceptors (Lipinski definition) is 4. The molecular weight excluding hydrogens is 281 g/mol. The lowest BCUT2D eigenvalue weighted by molar-refractivity contribution is 0.187. The summed E-state index contributed by atoms with van der Waals surface area (Å²) in [5.74, 6) is -0.540. The van der Waals surface area contributed by atoms with Crippen molar-refractivity contribution in [2.24, 2.45) is 0 Å². The molecule has 0 aromatic heterocycles. The van der Waals surface area contributed by atoms with Crippen LogP contribution in [0.15, 0.2) is 23.1 Å². The van der Waals surface area contributed by atoms with Crippen molar-refractivity contribution in [3.05, 3.63) is 24.0 Å². The fraction of sp³-hybridized carbons (Fsp3) is 0.538. The van der Waals surface area contributed by atoms with Crippen LogP contribution in [0.3, 0.4) is 0 Å². The highest BCUT2D eigenvalue weighted by atomic mass is 32.2. The zero-order valence-corrected chi connectivity index (χ0v) is 12.5. The quantitative estimate of drug-likeness (QED) is 0.850. The summed E-state index contributed by atoms with van der Waals surface area (Å²) in [6.07, 6.45) is 1.78. The lowest BCUT2D eigenvalue weighted by Crippen LogP contribution is -2.47. The molecule has 1 unspecified atom stereocenters. The van der Waals surface area contributed by atoms with Crippen LogP contribution in [0, 0.1) is 5.82 Å². The minimum absolute atomic E-state index is 0.0328. The predicted octanol–water partition coefficient (Wildman–Crippen LogP) is 1.12. The monoisotopic (exact) mass is 301 g/mol. The number of halogens is 1. The van der Waals surface area contributed by atoms with Crippen LogP contribution in [0.25, 0.3) is 0 Å². The molecular formula is C13H20FN3O2S. The van der Waals surface area contributed by atoms with Crippen LogP contribution in [-0.2, 0) is 10.0 Å². The number of nitrogens with two attached hydrogens (primary N) is 1. The molecule has 20 heavy (non-hydrogen) atoms. The zero-order valence-electron chi connectivity index (χ0n) is 11.7. The Morgan fingerprint density at radius 3 is 2.75 bits per heavy atom. The van der Waals surface area contributed by atoms with E-state index in [1.54, 1.807) is 7.05 Å². The van der Waals surface area contributed by atoms with Crippen molar-refractivity contribution in [1.82, 2.24) is 9.21 Å². The van der Waals surface area contributed by atoms with Gasteiger partial charge in [-0.25, -0.2) is 12.8 Å².